The first-order chi connectivity index (χ1) is 12.6. The van der Waals surface area contributed by atoms with E-state index in [9.17, 15) is 4.79 Å². The maximum Gasteiger partial charge on any atom is 0.266 e. The standard InChI is InChI=1S/C21H22N2O2S/c1-14-10-15(2)12-16(11-14)23-20(24)18-7-3-4-8-19(18)22-21(23)26-13-17-6-5-9-25-17/h3-4,7-8,10-12,17H,5-6,9,13H2,1-2H3. The molecule has 1 fully saturated rings. The van der Waals surface area contributed by atoms with Gasteiger partial charge in [0, 0.05) is 12.4 Å². The Morgan fingerprint density at radius 3 is 2.69 bits per heavy atom. The van der Waals surface area contributed by atoms with Crippen LogP contribution in [-0.4, -0.2) is 28.0 Å². The zero-order valence-electron chi connectivity index (χ0n) is 15.1. The number of fused-ring (bicyclic) bond motifs is 1. The normalized spacial score (nSPS) is 17.1. The number of hydrogen-bond acceptors (Lipinski definition) is 4. The molecule has 0 N–H and O–H groups in total. The van der Waals surface area contributed by atoms with Gasteiger partial charge in [0.1, 0.15) is 0 Å². The van der Waals surface area contributed by atoms with Crippen LogP contribution in [0.3, 0.4) is 0 Å². The summed E-state index contributed by atoms with van der Waals surface area (Å²) in [5.74, 6) is 0.815. The van der Waals surface area contributed by atoms with Crippen molar-refractivity contribution in [3.63, 3.8) is 0 Å². The molecule has 2 aromatic carbocycles. The Kier molecular flexibility index (Phi) is 4.83. The van der Waals surface area contributed by atoms with Crippen molar-refractivity contribution in [3.8, 4) is 5.69 Å². The number of para-hydroxylation sites is 1. The molecule has 0 spiro atoms. The molecule has 26 heavy (non-hydrogen) atoms. The molecule has 5 heteroatoms. The van der Waals surface area contributed by atoms with E-state index in [1.165, 1.54) is 0 Å². The van der Waals surface area contributed by atoms with E-state index in [1.54, 1.807) is 16.3 Å². The highest BCUT2D eigenvalue weighted by atomic mass is 32.2. The van der Waals surface area contributed by atoms with Gasteiger partial charge in [0.25, 0.3) is 5.56 Å². The number of benzene rings is 2. The third kappa shape index (κ3) is 3.41. The highest BCUT2D eigenvalue weighted by Crippen LogP contribution is 2.26. The molecule has 2 heterocycles. The predicted molar refractivity (Wildman–Crippen MR) is 107 cm³/mol. The Morgan fingerprint density at radius 2 is 1.96 bits per heavy atom. The molecule has 1 unspecified atom stereocenters. The molecule has 1 aliphatic heterocycles. The summed E-state index contributed by atoms with van der Waals surface area (Å²) in [5.41, 5.74) is 3.87. The van der Waals surface area contributed by atoms with Crippen molar-refractivity contribution in [2.24, 2.45) is 0 Å². The minimum Gasteiger partial charge on any atom is -0.377 e. The molecular formula is C21H22N2O2S. The summed E-state index contributed by atoms with van der Waals surface area (Å²) in [7, 11) is 0. The first kappa shape index (κ1) is 17.3. The number of nitrogens with zero attached hydrogens (tertiary/aromatic N) is 2. The fourth-order valence-corrected chi connectivity index (χ4v) is 4.54. The van der Waals surface area contributed by atoms with Gasteiger partial charge in [-0.05, 0) is 62.1 Å². The monoisotopic (exact) mass is 366 g/mol. The summed E-state index contributed by atoms with van der Waals surface area (Å²) in [6, 6.07) is 13.8. The molecule has 0 aliphatic carbocycles. The van der Waals surface area contributed by atoms with E-state index in [1.807, 2.05) is 36.4 Å². The maximum atomic E-state index is 13.2. The molecular weight excluding hydrogens is 344 g/mol. The fraction of sp³-hybridized carbons (Fsp3) is 0.333. The topological polar surface area (TPSA) is 44.1 Å². The summed E-state index contributed by atoms with van der Waals surface area (Å²) in [4.78, 5) is 18.0. The van der Waals surface area contributed by atoms with Gasteiger partial charge >= 0.3 is 0 Å². The number of aromatic nitrogens is 2. The van der Waals surface area contributed by atoms with Crippen molar-refractivity contribution >= 4 is 22.7 Å². The van der Waals surface area contributed by atoms with Gasteiger partial charge in [-0.2, -0.15) is 0 Å². The molecule has 4 rings (SSSR count). The SMILES string of the molecule is Cc1cc(C)cc(-n2c(SCC3CCCO3)nc3ccccc3c2=O)c1. The Labute approximate surface area is 157 Å². The van der Waals surface area contributed by atoms with E-state index in [4.69, 9.17) is 9.72 Å². The second-order valence-corrected chi connectivity index (χ2v) is 7.83. The average Bonchev–Trinajstić information content (AvgIpc) is 3.13. The molecule has 0 radical (unpaired) electrons. The average molecular weight is 366 g/mol. The van der Waals surface area contributed by atoms with Crippen LogP contribution < -0.4 is 5.56 Å². The maximum absolute atomic E-state index is 13.2. The van der Waals surface area contributed by atoms with Crippen LogP contribution in [0.1, 0.15) is 24.0 Å². The van der Waals surface area contributed by atoms with Crippen LogP contribution in [0.2, 0.25) is 0 Å². The van der Waals surface area contributed by atoms with E-state index in [-0.39, 0.29) is 11.7 Å². The summed E-state index contributed by atoms with van der Waals surface area (Å²) >= 11 is 1.61. The van der Waals surface area contributed by atoms with Gasteiger partial charge in [-0.15, -0.1) is 0 Å². The second kappa shape index (κ2) is 7.25. The highest BCUT2D eigenvalue weighted by Gasteiger charge is 2.19. The zero-order valence-corrected chi connectivity index (χ0v) is 15.9. The van der Waals surface area contributed by atoms with Crippen LogP contribution in [0.5, 0.6) is 0 Å². The summed E-state index contributed by atoms with van der Waals surface area (Å²) in [5, 5.41) is 1.38. The first-order valence-corrected chi connectivity index (χ1v) is 9.95. The lowest BCUT2D eigenvalue weighted by Gasteiger charge is -2.16. The molecule has 0 saturated carbocycles. The number of rotatable bonds is 4. The van der Waals surface area contributed by atoms with Crippen molar-refractivity contribution in [1.82, 2.24) is 9.55 Å². The lowest BCUT2D eigenvalue weighted by atomic mass is 10.1. The molecule has 3 aromatic rings. The van der Waals surface area contributed by atoms with Gasteiger partial charge in [-0.3, -0.25) is 9.36 Å². The quantitative estimate of drug-likeness (QED) is 0.511. The van der Waals surface area contributed by atoms with Gasteiger partial charge in [-0.1, -0.05) is 30.0 Å². The first-order valence-electron chi connectivity index (χ1n) is 8.97. The van der Waals surface area contributed by atoms with Crippen LogP contribution in [0, 0.1) is 13.8 Å². The number of hydrogen-bond donors (Lipinski definition) is 0. The van der Waals surface area contributed by atoms with Crippen molar-refractivity contribution in [2.45, 2.75) is 37.9 Å². The van der Waals surface area contributed by atoms with Crippen LogP contribution in [0.25, 0.3) is 16.6 Å². The van der Waals surface area contributed by atoms with Crippen LogP contribution in [0.4, 0.5) is 0 Å². The van der Waals surface area contributed by atoms with E-state index in [0.717, 1.165) is 52.7 Å². The zero-order chi connectivity index (χ0) is 18.1. The number of thioether (sulfide) groups is 1. The van der Waals surface area contributed by atoms with Crippen LogP contribution in [-0.2, 0) is 4.74 Å². The Bertz CT molecular complexity index is 986. The van der Waals surface area contributed by atoms with Gasteiger partial charge < -0.3 is 4.74 Å². The summed E-state index contributed by atoms with van der Waals surface area (Å²) in [6.07, 6.45) is 2.44. The van der Waals surface area contributed by atoms with E-state index >= 15 is 0 Å². The van der Waals surface area contributed by atoms with Crippen LogP contribution >= 0.6 is 11.8 Å². The van der Waals surface area contributed by atoms with E-state index < -0.39 is 0 Å². The smallest absolute Gasteiger partial charge is 0.266 e. The Morgan fingerprint density at radius 1 is 1.19 bits per heavy atom. The van der Waals surface area contributed by atoms with Gasteiger partial charge in [0.15, 0.2) is 5.16 Å². The Hall–Kier alpha value is -2.11. The summed E-state index contributed by atoms with van der Waals surface area (Å²) in [6.45, 7) is 4.94. The van der Waals surface area contributed by atoms with Gasteiger partial charge in [-0.25, -0.2) is 4.98 Å². The van der Waals surface area contributed by atoms with Crippen molar-refractivity contribution in [2.75, 3.05) is 12.4 Å². The molecule has 0 amide bonds. The predicted octanol–water partition coefficient (Wildman–Crippen LogP) is 4.27. The third-order valence-corrected chi connectivity index (χ3v) is 5.70. The van der Waals surface area contributed by atoms with Crippen molar-refractivity contribution in [1.29, 1.82) is 0 Å². The lowest BCUT2D eigenvalue weighted by Crippen LogP contribution is -2.22. The van der Waals surface area contributed by atoms with Gasteiger partial charge in [0.05, 0.1) is 22.7 Å². The molecule has 1 aromatic heterocycles. The number of ether oxygens (including phenoxy) is 1. The number of aryl methyl sites for hydroxylation is 2. The van der Waals surface area contributed by atoms with Crippen molar-refractivity contribution in [3.05, 3.63) is 63.9 Å². The fourth-order valence-electron chi connectivity index (χ4n) is 3.46. The molecule has 134 valence electrons. The molecule has 0 bridgehead atoms. The summed E-state index contributed by atoms with van der Waals surface area (Å²) < 4.78 is 7.49. The minimum absolute atomic E-state index is 0.0181. The van der Waals surface area contributed by atoms with Crippen LogP contribution in [0.15, 0.2) is 52.4 Å². The Balaban J connectivity index is 1.85. The largest absolute Gasteiger partial charge is 0.377 e. The second-order valence-electron chi connectivity index (χ2n) is 6.84. The minimum atomic E-state index is -0.0181. The molecule has 1 atom stereocenters. The van der Waals surface area contributed by atoms with E-state index in [2.05, 4.69) is 19.9 Å². The van der Waals surface area contributed by atoms with E-state index in [0.29, 0.717) is 5.39 Å². The molecule has 4 nitrogen and oxygen atoms in total. The third-order valence-electron chi connectivity index (χ3n) is 4.63. The highest BCUT2D eigenvalue weighted by molar-refractivity contribution is 7.99. The molecule has 1 aliphatic rings. The van der Waals surface area contributed by atoms with Crippen molar-refractivity contribution < 1.29 is 4.74 Å². The lowest BCUT2D eigenvalue weighted by molar-refractivity contribution is 0.129. The molecule has 1 saturated heterocycles. The van der Waals surface area contributed by atoms with Gasteiger partial charge in [0.2, 0.25) is 0 Å².